The van der Waals surface area contributed by atoms with E-state index in [1.165, 1.54) is 0 Å². The maximum Gasteiger partial charge on any atom is 0.240 e. The fraction of sp³-hybridized carbons (Fsp3) is 0.684. The monoisotopic (exact) mass is 401 g/mol. The van der Waals surface area contributed by atoms with Gasteiger partial charge in [-0.25, -0.2) is 13.1 Å². The highest BCUT2D eigenvalue weighted by molar-refractivity contribution is 7.89. The molecule has 1 aliphatic heterocycles. The van der Waals surface area contributed by atoms with Gasteiger partial charge in [-0.2, -0.15) is 0 Å². The Morgan fingerprint density at radius 3 is 2.27 bits per heavy atom. The van der Waals surface area contributed by atoms with Crippen LogP contribution in [0.2, 0.25) is 0 Å². The van der Waals surface area contributed by atoms with E-state index < -0.39 is 10.0 Å². The topological polar surface area (TPSA) is 52.7 Å². The number of aryl methyl sites for hydroxylation is 1. The van der Waals surface area contributed by atoms with Crippen LogP contribution in [0, 0.1) is 5.92 Å². The highest BCUT2D eigenvalue weighted by Crippen LogP contribution is 2.16. The number of sulfonamides is 1. The second-order valence-corrected chi connectivity index (χ2v) is 9.58. The average Bonchev–Trinajstić information content (AvgIpc) is 2.61. The van der Waals surface area contributed by atoms with Gasteiger partial charge in [0.05, 0.1) is 4.90 Å². The molecule has 0 amide bonds. The van der Waals surface area contributed by atoms with Crippen molar-refractivity contribution in [2.24, 2.45) is 5.92 Å². The van der Waals surface area contributed by atoms with Crippen molar-refractivity contribution in [3.8, 4) is 0 Å². The average molecular weight is 402 g/mol. The van der Waals surface area contributed by atoms with Crippen molar-refractivity contribution in [3.05, 3.63) is 29.8 Å². The predicted molar refractivity (Wildman–Crippen MR) is 108 cm³/mol. The molecule has 1 fully saturated rings. The van der Waals surface area contributed by atoms with Crippen molar-refractivity contribution in [1.82, 2.24) is 14.5 Å². The molecule has 1 atom stereocenters. The molecule has 0 saturated carbocycles. The van der Waals surface area contributed by atoms with Crippen LogP contribution in [0.25, 0.3) is 0 Å². The van der Waals surface area contributed by atoms with Gasteiger partial charge in [-0.1, -0.05) is 26.0 Å². The van der Waals surface area contributed by atoms with Gasteiger partial charge >= 0.3 is 0 Å². The van der Waals surface area contributed by atoms with E-state index in [0.29, 0.717) is 23.2 Å². The minimum atomic E-state index is -3.49. The van der Waals surface area contributed by atoms with E-state index in [1.54, 1.807) is 12.1 Å². The number of nitrogens with zero attached hydrogens (tertiary/aromatic N) is 2. The molecule has 1 aromatic rings. The number of hydrogen-bond acceptors (Lipinski definition) is 4. The van der Waals surface area contributed by atoms with Crippen molar-refractivity contribution < 1.29 is 8.42 Å². The summed E-state index contributed by atoms with van der Waals surface area (Å²) in [6, 6.07) is 7.34. The molecule has 148 valence electrons. The highest BCUT2D eigenvalue weighted by atomic mass is 35.5. The van der Waals surface area contributed by atoms with Crippen molar-refractivity contribution in [3.63, 3.8) is 0 Å². The van der Waals surface area contributed by atoms with E-state index in [9.17, 15) is 8.42 Å². The summed E-state index contributed by atoms with van der Waals surface area (Å²) in [5.74, 6) is 1.00. The predicted octanol–water partition coefficient (Wildman–Crippen LogP) is 2.41. The third kappa shape index (κ3) is 6.20. The van der Waals surface area contributed by atoms with Gasteiger partial charge in [0, 0.05) is 44.6 Å². The Balaban J connectivity index is 1.98. The van der Waals surface area contributed by atoms with Crippen LogP contribution in [0.5, 0.6) is 0 Å². The van der Waals surface area contributed by atoms with Gasteiger partial charge in [-0.15, -0.1) is 11.6 Å². The molecule has 1 saturated heterocycles. The number of alkyl halides is 1. The first kappa shape index (κ1) is 21.6. The molecule has 0 spiro atoms. The van der Waals surface area contributed by atoms with E-state index in [2.05, 4.69) is 35.4 Å². The van der Waals surface area contributed by atoms with Crippen LogP contribution in [0.3, 0.4) is 0 Å². The molecular weight excluding hydrogens is 370 g/mol. The molecule has 5 nitrogen and oxygen atoms in total. The lowest BCUT2D eigenvalue weighted by Gasteiger charge is -2.39. The molecule has 0 aliphatic carbocycles. The fourth-order valence-electron chi connectivity index (χ4n) is 3.32. The standard InChI is InChI=1S/C19H32ClN3O2S/c1-16(2)19(23-13-11-22(3)12-14-23)15-21-26(24,25)18-8-6-17(7-9-18)5-4-10-20/h6-9,16,19,21H,4-5,10-15H2,1-3H3. The van der Waals surface area contributed by atoms with Crippen molar-refractivity contribution in [1.29, 1.82) is 0 Å². The molecule has 0 radical (unpaired) electrons. The first-order valence-corrected chi connectivity index (χ1v) is 11.4. The Morgan fingerprint density at radius 1 is 1.12 bits per heavy atom. The van der Waals surface area contributed by atoms with Gasteiger partial charge in [0.2, 0.25) is 10.0 Å². The number of hydrogen-bond donors (Lipinski definition) is 1. The molecule has 1 N–H and O–H groups in total. The van der Waals surface area contributed by atoms with Crippen LogP contribution in [-0.4, -0.2) is 69.9 Å². The lowest BCUT2D eigenvalue weighted by Crippen LogP contribution is -2.54. The van der Waals surface area contributed by atoms with Gasteiger partial charge < -0.3 is 4.90 Å². The summed E-state index contributed by atoms with van der Waals surface area (Å²) in [6.07, 6.45) is 1.77. The number of halogens is 1. The summed E-state index contributed by atoms with van der Waals surface area (Å²) in [4.78, 5) is 5.04. The minimum Gasteiger partial charge on any atom is -0.304 e. The van der Waals surface area contributed by atoms with Gasteiger partial charge in [0.1, 0.15) is 0 Å². The summed E-state index contributed by atoms with van der Waals surface area (Å²) < 4.78 is 28.1. The maximum atomic E-state index is 12.7. The van der Waals surface area contributed by atoms with Crippen molar-refractivity contribution in [2.75, 3.05) is 45.7 Å². The Bertz CT molecular complexity index is 641. The number of rotatable bonds is 9. The SMILES string of the molecule is CC(C)C(CNS(=O)(=O)c1ccc(CCCCl)cc1)N1CCN(C)CC1. The first-order chi connectivity index (χ1) is 12.3. The molecular formula is C19H32ClN3O2S. The van der Waals surface area contributed by atoms with Crippen LogP contribution in [0.1, 0.15) is 25.8 Å². The Labute approximate surface area is 163 Å². The van der Waals surface area contributed by atoms with Gasteiger partial charge in [-0.05, 0) is 43.5 Å². The van der Waals surface area contributed by atoms with Crippen LogP contribution in [-0.2, 0) is 16.4 Å². The van der Waals surface area contributed by atoms with Gasteiger partial charge in [-0.3, -0.25) is 4.90 Å². The van der Waals surface area contributed by atoms with Crippen LogP contribution >= 0.6 is 11.6 Å². The van der Waals surface area contributed by atoms with E-state index in [-0.39, 0.29) is 6.04 Å². The highest BCUT2D eigenvalue weighted by Gasteiger charge is 2.26. The molecule has 1 heterocycles. The van der Waals surface area contributed by atoms with Crippen LogP contribution in [0.15, 0.2) is 29.2 Å². The number of benzene rings is 1. The van der Waals surface area contributed by atoms with E-state index in [1.807, 2.05) is 12.1 Å². The second kappa shape index (κ2) is 10.0. The Morgan fingerprint density at radius 2 is 1.73 bits per heavy atom. The third-order valence-corrected chi connectivity index (χ3v) is 6.80. The van der Waals surface area contributed by atoms with Gasteiger partial charge in [0.15, 0.2) is 0 Å². The number of likely N-dealkylation sites (N-methyl/N-ethyl adjacent to an activating group) is 1. The Hall–Kier alpha value is -0.660. The Kier molecular flexibility index (Phi) is 8.36. The summed E-state index contributed by atoms with van der Waals surface area (Å²) in [5.41, 5.74) is 1.11. The first-order valence-electron chi connectivity index (χ1n) is 9.40. The molecule has 26 heavy (non-hydrogen) atoms. The summed E-state index contributed by atoms with van der Waals surface area (Å²) in [7, 11) is -1.36. The number of piperazine rings is 1. The smallest absolute Gasteiger partial charge is 0.240 e. The zero-order chi connectivity index (χ0) is 19.2. The minimum absolute atomic E-state index is 0.210. The summed E-state index contributed by atoms with van der Waals surface area (Å²) in [6.45, 7) is 8.77. The lowest BCUT2D eigenvalue weighted by molar-refractivity contribution is 0.0905. The molecule has 0 bridgehead atoms. The van der Waals surface area contributed by atoms with E-state index in [4.69, 9.17) is 11.6 Å². The van der Waals surface area contributed by atoms with E-state index in [0.717, 1.165) is 44.6 Å². The zero-order valence-corrected chi connectivity index (χ0v) is 17.7. The van der Waals surface area contributed by atoms with Gasteiger partial charge in [0.25, 0.3) is 0 Å². The molecule has 0 aromatic heterocycles. The lowest BCUT2D eigenvalue weighted by atomic mass is 10.0. The molecule has 2 rings (SSSR count). The van der Waals surface area contributed by atoms with Crippen LogP contribution < -0.4 is 4.72 Å². The molecule has 1 aromatic carbocycles. The normalized spacial score (nSPS) is 18.3. The summed E-state index contributed by atoms with van der Waals surface area (Å²) >= 11 is 5.71. The fourth-order valence-corrected chi connectivity index (χ4v) is 4.51. The zero-order valence-electron chi connectivity index (χ0n) is 16.1. The quantitative estimate of drug-likeness (QED) is 0.645. The van der Waals surface area contributed by atoms with Crippen molar-refractivity contribution >= 4 is 21.6 Å². The second-order valence-electron chi connectivity index (χ2n) is 7.44. The summed E-state index contributed by atoms with van der Waals surface area (Å²) in [5, 5.41) is 0. The molecule has 1 aliphatic rings. The molecule has 1 unspecified atom stereocenters. The largest absolute Gasteiger partial charge is 0.304 e. The third-order valence-electron chi connectivity index (χ3n) is 5.09. The van der Waals surface area contributed by atoms with Crippen LogP contribution in [0.4, 0.5) is 0 Å². The van der Waals surface area contributed by atoms with Crippen molar-refractivity contribution in [2.45, 2.75) is 37.6 Å². The maximum absolute atomic E-state index is 12.7. The number of nitrogens with one attached hydrogen (secondary N) is 1. The van der Waals surface area contributed by atoms with E-state index >= 15 is 0 Å². The molecule has 7 heteroatoms.